The van der Waals surface area contributed by atoms with Crippen LogP contribution in [0.25, 0.3) is 0 Å². The second-order valence-corrected chi connectivity index (χ2v) is 1.95. The van der Waals surface area contributed by atoms with Crippen molar-refractivity contribution in [2.75, 3.05) is 5.33 Å². The van der Waals surface area contributed by atoms with Gasteiger partial charge in [-0.05, 0) is 0 Å². The van der Waals surface area contributed by atoms with E-state index in [0.29, 0.717) is 10.4 Å². The molecule has 0 amide bonds. The van der Waals surface area contributed by atoms with E-state index < -0.39 is 0 Å². The predicted octanol–water partition coefficient (Wildman–Crippen LogP) is 2.70. The quantitative estimate of drug-likeness (QED) is 0.557. The summed E-state index contributed by atoms with van der Waals surface area (Å²) in [6.07, 6.45) is 0. The first kappa shape index (κ1) is 6.80. The molecule has 0 rings (SSSR count). The summed E-state index contributed by atoms with van der Waals surface area (Å²) >= 11 is 13.6. The van der Waals surface area contributed by atoms with Gasteiger partial charge in [0.05, 0.1) is 0 Å². The molecule has 6 heavy (non-hydrogen) atoms. The lowest BCUT2D eigenvalue weighted by molar-refractivity contribution is 1.76. The Bertz CT molecular complexity index is 59.8. The molecule has 0 atom stereocenters. The van der Waals surface area contributed by atoms with Gasteiger partial charge >= 0.3 is 0 Å². The van der Waals surface area contributed by atoms with Crippen molar-refractivity contribution in [1.82, 2.24) is 0 Å². The molecule has 0 heterocycles. The van der Waals surface area contributed by atoms with Gasteiger partial charge in [-0.3, -0.25) is 0 Å². The molecule has 0 spiro atoms. The Morgan fingerprint density at radius 3 is 2.33 bits per heavy atom. The van der Waals surface area contributed by atoms with Gasteiger partial charge in [-0.25, -0.2) is 0 Å². The van der Waals surface area contributed by atoms with Gasteiger partial charge in [0.15, 0.2) is 0 Å². The first-order chi connectivity index (χ1) is 2.81. The van der Waals surface area contributed by atoms with Gasteiger partial charge in [-0.2, -0.15) is 0 Å². The van der Waals surface area contributed by atoms with Gasteiger partial charge in [0.2, 0.25) is 0 Å². The number of hydrogen-bond donors (Lipinski definition) is 0. The van der Waals surface area contributed by atoms with E-state index in [2.05, 4.69) is 15.9 Å². The largest absolute Gasteiger partial charge is 0.0917 e. The fraction of sp³-hybridized carbons (Fsp3) is 0.333. The van der Waals surface area contributed by atoms with Crippen LogP contribution in [0.4, 0.5) is 0 Å². The van der Waals surface area contributed by atoms with E-state index in [1.165, 1.54) is 5.54 Å². The molecule has 0 saturated carbocycles. The van der Waals surface area contributed by atoms with Crippen molar-refractivity contribution in [3.8, 4) is 0 Å². The SMILES string of the molecule is ClC=C(Cl)CBr. The Balaban J connectivity index is 3.22. The van der Waals surface area contributed by atoms with Gasteiger partial charge < -0.3 is 0 Å². The molecule has 0 aliphatic rings. The van der Waals surface area contributed by atoms with E-state index in [1.54, 1.807) is 0 Å². The summed E-state index contributed by atoms with van der Waals surface area (Å²) < 4.78 is 0. The summed E-state index contributed by atoms with van der Waals surface area (Å²) in [5.74, 6) is 0. The molecule has 36 valence electrons. The summed E-state index contributed by atoms with van der Waals surface area (Å²) in [7, 11) is 0. The minimum absolute atomic E-state index is 0.622. The first-order valence-electron chi connectivity index (χ1n) is 1.32. The highest BCUT2D eigenvalue weighted by Gasteiger charge is 1.80. The Kier molecular flexibility index (Phi) is 4.50. The number of rotatable bonds is 1. The molecule has 0 saturated heterocycles. The summed E-state index contributed by atoms with van der Waals surface area (Å²) in [6, 6.07) is 0. The number of hydrogen-bond acceptors (Lipinski definition) is 0. The second kappa shape index (κ2) is 3.97. The van der Waals surface area contributed by atoms with Crippen molar-refractivity contribution in [3.05, 3.63) is 10.6 Å². The van der Waals surface area contributed by atoms with Crippen LogP contribution in [0.3, 0.4) is 0 Å². The molecule has 0 unspecified atom stereocenters. The Hall–Kier alpha value is 0.800. The van der Waals surface area contributed by atoms with Crippen LogP contribution in [-0.2, 0) is 0 Å². The summed E-state index contributed by atoms with van der Waals surface area (Å²) in [5, 5.41) is 1.26. The lowest BCUT2D eigenvalue weighted by atomic mass is 10.8. The average Bonchev–Trinajstić information content (AvgIpc) is 1.65. The third-order valence-corrected chi connectivity index (χ3v) is 1.79. The highest BCUT2D eigenvalue weighted by Crippen LogP contribution is 2.04. The number of halogens is 3. The minimum atomic E-state index is 0.622. The molecule has 0 nitrogen and oxygen atoms in total. The smallest absolute Gasteiger partial charge is 0.0399 e. The van der Waals surface area contributed by atoms with Gasteiger partial charge in [0.25, 0.3) is 0 Å². The molecular weight excluding hydrogens is 187 g/mol. The fourth-order valence-electron chi connectivity index (χ4n) is 0.0292. The molecule has 0 radical (unpaired) electrons. The molecule has 0 aliphatic carbocycles. The van der Waals surface area contributed by atoms with Crippen molar-refractivity contribution < 1.29 is 0 Å². The minimum Gasteiger partial charge on any atom is -0.0917 e. The van der Waals surface area contributed by atoms with Gasteiger partial charge in [0, 0.05) is 15.9 Å². The lowest BCUT2D eigenvalue weighted by Crippen LogP contribution is -1.63. The standard InChI is InChI=1S/C3H3BrCl2/c4-1-3(6)2-5/h2H,1H2. The molecule has 0 aromatic rings. The Labute approximate surface area is 55.3 Å². The van der Waals surface area contributed by atoms with Crippen molar-refractivity contribution in [2.45, 2.75) is 0 Å². The van der Waals surface area contributed by atoms with E-state index in [-0.39, 0.29) is 0 Å². The zero-order valence-electron chi connectivity index (χ0n) is 2.92. The highest BCUT2D eigenvalue weighted by atomic mass is 79.9. The zero-order chi connectivity index (χ0) is 4.99. The van der Waals surface area contributed by atoms with Crippen LogP contribution in [-0.4, -0.2) is 5.33 Å². The average molecular weight is 190 g/mol. The summed E-state index contributed by atoms with van der Waals surface area (Å²) in [5.41, 5.74) is 1.33. The van der Waals surface area contributed by atoms with Crippen LogP contribution >= 0.6 is 39.1 Å². The summed E-state index contributed by atoms with van der Waals surface area (Å²) in [6.45, 7) is 0. The van der Waals surface area contributed by atoms with Crippen molar-refractivity contribution in [2.24, 2.45) is 0 Å². The Morgan fingerprint density at radius 1 is 1.83 bits per heavy atom. The van der Waals surface area contributed by atoms with Crippen LogP contribution in [0.15, 0.2) is 10.6 Å². The predicted molar refractivity (Wildman–Crippen MR) is 33.6 cm³/mol. The lowest BCUT2D eigenvalue weighted by Gasteiger charge is -1.78. The molecule has 0 aromatic heterocycles. The molecule has 0 fully saturated rings. The molecule has 3 heteroatoms. The van der Waals surface area contributed by atoms with Crippen molar-refractivity contribution in [1.29, 1.82) is 0 Å². The normalized spacial score (nSPS) is 12.2. The van der Waals surface area contributed by atoms with Crippen LogP contribution in [0.5, 0.6) is 0 Å². The monoisotopic (exact) mass is 188 g/mol. The molecular formula is C3H3BrCl2. The zero-order valence-corrected chi connectivity index (χ0v) is 6.02. The third-order valence-electron chi connectivity index (χ3n) is 0.246. The van der Waals surface area contributed by atoms with Gasteiger partial charge in [0.1, 0.15) is 0 Å². The number of alkyl halides is 1. The molecule has 0 aromatic carbocycles. The van der Waals surface area contributed by atoms with E-state index in [9.17, 15) is 0 Å². The molecule has 0 N–H and O–H groups in total. The van der Waals surface area contributed by atoms with E-state index in [1.807, 2.05) is 0 Å². The van der Waals surface area contributed by atoms with Crippen LogP contribution in [0, 0.1) is 0 Å². The first-order valence-corrected chi connectivity index (χ1v) is 3.25. The Morgan fingerprint density at radius 2 is 2.33 bits per heavy atom. The summed E-state index contributed by atoms with van der Waals surface area (Å²) in [4.78, 5) is 0. The highest BCUT2D eigenvalue weighted by molar-refractivity contribution is 9.09. The maximum atomic E-state index is 5.33. The maximum absolute atomic E-state index is 5.33. The van der Waals surface area contributed by atoms with Crippen LogP contribution in [0.2, 0.25) is 0 Å². The molecule has 0 bridgehead atoms. The van der Waals surface area contributed by atoms with Crippen LogP contribution in [0.1, 0.15) is 0 Å². The van der Waals surface area contributed by atoms with E-state index in [0.717, 1.165) is 0 Å². The van der Waals surface area contributed by atoms with Crippen molar-refractivity contribution >= 4 is 39.1 Å². The topological polar surface area (TPSA) is 0 Å². The molecule has 0 aliphatic heterocycles. The fourth-order valence-corrected chi connectivity index (χ4v) is 0.455. The van der Waals surface area contributed by atoms with Gasteiger partial charge in [-0.1, -0.05) is 39.1 Å². The second-order valence-electron chi connectivity index (χ2n) is 0.690. The number of allylic oxidation sites excluding steroid dienone is 1. The third kappa shape index (κ3) is 3.01. The maximum Gasteiger partial charge on any atom is 0.0399 e. The van der Waals surface area contributed by atoms with E-state index >= 15 is 0 Å². The van der Waals surface area contributed by atoms with Crippen molar-refractivity contribution in [3.63, 3.8) is 0 Å². The van der Waals surface area contributed by atoms with Gasteiger partial charge in [-0.15, -0.1) is 0 Å². The van der Waals surface area contributed by atoms with Crippen LogP contribution < -0.4 is 0 Å². The van der Waals surface area contributed by atoms with E-state index in [4.69, 9.17) is 23.2 Å².